The van der Waals surface area contributed by atoms with Gasteiger partial charge in [-0.1, -0.05) is 15.9 Å². The first-order valence-corrected chi connectivity index (χ1v) is 5.81. The first kappa shape index (κ1) is 12.4. The molecule has 1 heterocycles. The summed E-state index contributed by atoms with van der Waals surface area (Å²) in [5, 5.41) is 13.3. The van der Waals surface area contributed by atoms with Crippen LogP contribution in [-0.4, -0.2) is 17.2 Å². The number of nitrogens with zero attached hydrogens (tertiary/aromatic N) is 1. The Morgan fingerprint density at radius 3 is 2.94 bits per heavy atom. The number of halogens is 1. The molecule has 1 amide bonds. The van der Waals surface area contributed by atoms with Crippen LogP contribution in [-0.2, 0) is 0 Å². The number of hydrogen-bond acceptors (Lipinski definition) is 4. The van der Waals surface area contributed by atoms with Gasteiger partial charge in [-0.25, -0.2) is 5.43 Å². The van der Waals surface area contributed by atoms with E-state index in [2.05, 4.69) is 26.5 Å². The van der Waals surface area contributed by atoms with E-state index in [9.17, 15) is 9.90 Å². The molecule has 92 valence electrons. The Bertz CT molecular complexity index is 579. The number of benzene rings is 1. The highest BCUT2D eigenvalue weighted by Crippen LogP contribution is 2.21. The molecule has 2 aromatic rings. The van der Waals surface area contributed by atoms with Crippen LogP contribution in [0.3, 0.4) is 0 Å². The first-order chi connectivity index (χ1) is 8.66. The Balaban J connectivity index is 2.04. The molecule has 0 spiro atoms. The van der Waals surface area contributed by atoms with Crippen molar-refractivity contribution in [3.8, 4) is 5.75 Å². The second kappa shape index (κ2) is 5.50. The van der Waals surface area contributed by atoms with Crippen LogP contribution in [0.5, 0.6) is 5.75 Å². The van der Waals surface area contributed by atoms with E-state index in [1.54, 1.807) is 18.2 Å². The van der Waals surface area contributed by atoms with Gasteiger partial charge in [-0.3, -0.25) is 4.79 Å². The van der Waals surface area contributed by atoms with Crippen LogP contribution in [0, 0.1) is 0 Å². The van der Waals surface area contributed by atoms with Crippen molar-refractivity contribution in [2.24, 2.45) is 5.10 Å². The summed E-state index contributed by atoms with van der Waals surface area (Å²) in [5.41, 5.74) is 2.44. The van der Waals surface area contributed by atoms with E-state index in [0.29, 0.717) is 10.2 Å². The summed E-state index contributed by atoms with van der Waals surface area (Å²) in [4.78, 5) is 11.7. The van der Waals surface area contributed by atoms with Gasteiger partial charge < -0.3 is 9.52 Å². The molecule has 5 nitrogen and oxygen atoms in total. The zero-order chi connectivity index (χ0) is 13.0. The number of carbonyl (C=O) groups excluding carboxylic acids is 1. The topological polar surface area (TPSA) is 74.8 Å². The van der Waals surface area contributed by atoms with Crippen LogP contribution in [0.4, 0.5) is 0 Å². The summed E-state index contributed by atoms with van der Waals surface area (Å²) in [5.74, 6) is -0.0896. The zero-order valence-corrected chi connectivity index (χ0v) is 10.7. The molecule has 0 saturated carbocycles. The monoisotopic (exact) mass is 308 g/mol. The minimum absolute atomic E-state index is 0.116. The fourth-order valence-corrected chi connectivity index (χ4v) is 1.63. The zero-order valence-electron chi connectivity index (χ0n) is 9.13. The smallest absolute Gasteiger partial charge is 0.275 e. The molecule has 0 aliphatic rings. The van der Waals surface area contributed by atoms with Gasteiger partial charge in [0.25, 0.3) is 5.91 Å². The normalized spacial score (nSPS) is 10.7. The molecule has 0 fully saturated rings. The summed E-state index contributed by atoms with van der Waals surface area (Å²) in [7, 11) is 0. The lowest BCUT2D eigenvalue weighted by Crippen LogP contribution is -2.17. The molecule has 0 saturated heterocycles. The van der Waals surface area contributed by atoms with Crippen LogP contribution in [0.2, 0.25) is 0 Å². The minimum Gasteiger partial charge on any atom is -0.507 e. The number of aromatic hydroxyl groups is 1. The third kappa shape index (κ3) is 2.98. The van der Waals surface area contributed by atoms with Gasteiger partial charge >= 0.3 is 0 Å². The standard InChI is InChI=1S/C12H9BrN2O3/c13-8-3-4-10(11(16)6-8)12(17)15-14-7-9-2-1-5-18-9/h1-7,16H,(H,15,17). The Morgan fingerprint density at radius 2 is 2.28 bits per heavy atom. The molecule has 1 aromatic carbocycles. The van der Waals surface area contributed by atoms with E-state index < -0.39 is 5.91 Å². The molecule has 2 rings (SSSR count). The number of hydrogen-bond donors (Lipinski definition) is 2. The van der Waals surface area contributed by atoms with Crippen molar-refractivity contribution in [2.75, 3.05) is 0 Å². The maximum absolute atomic E-state index is 11.7. The first-order valence-electron chi connectivity index (χ1n) is 5.02. The SMILES string of the molecule is O=C(NN=Cc1ccco1)c1ccc(Br)cc1O. The van der Waals surface area contributed by atoms with Crippen molar-refractivity contribution in [3.63, 3.8) is 0 Å². The van der Waals surface area contributed by atoms with Crippen molar-refractivity contribution >= 4 is 28.1 Å². The Labute approximate surface area is 111 Å². The fraction of sp³-hybridized carbons (Fsp3) is 0. The van der Waals surface area contributed by atoms with Gasteiger partial charge in [-0.15, -0.1) is 0 Å². The van der Waals surface area contributed by atoms with E-state index in [1.165, 1.54) is 24.6 Å². The number of carbonyl (C=O) groups is 1. The van der Waals surface area contributed by atoms with Gasteiger partial charge in [0, 0.05) is 4.47 Å². The predicted molar refractivity (Wildman–Crippen MR) is 69.6 cm³/mol. The van der Waals surface area contributed by atoms with Crippen LogP contribution >= 0.6 is 15.9 Å². The van der Waals surface area contributed by atoms with Gasteiger partial charge in [0.2, 0.25) is 0 Å². The van der Waals surface area contributed by atoms with Gasteiger partial charge in [0.15, 0.2) is 0 Å². The van der Waals surface area contributed by atoms with E-state index in [1.807, 2.05) is 0 Å². The Morgan fingerprint density at radius 1 is 1.44 bits per heavy atom. The summed E-state index contributed by atoms with van der Waals surface area (Å²) in [6.45, 7) is 0. The lowest BCUT2D eigenvalue weighted by atomic mass is 10.2. The Hall–Kier alpha value is -2.08. The second-order valence-electron chi connectivity index (χ2n) is 3.38. The number of amides is 1. The highest BCUT2D eigenvalue weighted by atomic mass is 79.9. The maximum Gasteiger partial charge on any atom is 0.275 e. The summed E-state index contributed by atoms with van der Waals surface area (Å²) in [6.07, 6.45) is 2.87. The molecular weight excluding hydrogens is 300 g/mol. The molecule has 2 N–H and O–H groups in total. The van der Waals surface area contributed by atoms with Crippen molar-refractivity contribution in [1.82, 2.24) is 5.43 Å². The van der Waals surface area contributed by atoms with Crippen molar-refractivity contribution in [1.29, 1.82) is 0 Å². The van der Waals surface area contributed by atoms with Crippen molar-refractivity contribution < 1.29 is 14.3 Å². The van der Waals surface area contributed by atoms with Gasteiger partial charge in [0.1, 0.15) is 11.5 Å². The summed E-state index contributed by atoms with van der Waals surface area (Å²) in [6, 6.07) is 8.00. The van der Waals surface area contributed by atoms with Gasteiger partial charge in [-0.05, 0) is 30.3 Å². The molecule has 0 bridgehead atoms. The second-order valence-corrected chi connectivity index (χ2v) is 4.29. The fourth-order valence-electron chi connectivity index (χ4n) is 1.28. The van der Waals surface area contributed by atoms with Crippen LogP contribution in [0.25, 0.3) is 0 Å². The Kier molecular flexibility index (Phi) is 3.78. The average Bonchev–Trinajstić information content (AvgIpc) is 2.81. The highest BCUT2D eigenvalue weighted by Gasteiger charge is 2.10. The van der Waals surface area contributed by atoms with Crippen molar-refractivity contribution in [2.45, 2.75) is 0 Å². The summed E-state index contributed by atoms with van der Waals surface area (Å²) >= 11 is 3.19. The number of furan rings is 1. The minimum atomic E-state index is -0.497. The number of hydrazone groups is 1. The third-order valence-corrected chi connectivity index (χ3v) is 2.60. The molecule has 0 aliphatic heterocycles. The summed E-state index contributed by atoms with van der Waals surface area (Å²) < 4.78 is 5.69. The van der Waals surface area contributed by atoms with E-state index in [4.69, 9.17) is 4.42 Å². The number of phenolic OH excluding ortho intramolecular Hbond substituents is 1. The van der Waals surface area contributed by atoms with E-state index in [0.717, 1.165) is 0 Å². The molecule has 0 unspecified atom stereocenters. The van der Waals surface area contributed by atoms with Crippen LogP contribution in [0.1, 0.15) is 16.1 Å². The molecule has 1 aromatic heterocycles. The lowest BCUT2D eigenvalue weighted by Gasteiger charge is -2.02. The molecule has 6 heteroatoms. The highest BCUT2D eigenvalue weighted by molar-refractivity contribution is 9.10. The largest absolute Gasteiger partial charge is 0.507 e. The average molecular weight is 309 g/mol. The number of rotatable bonds is 3. The van der Waals surface area contributed by atoms with Crippen LogP contribution in [0.15, 0.2) is 50.6 Å². The molecule has 0 radical (unpaired) electrons. The number of phenols is 1. The predicted octanol–water partition coefficient (Wildman–Crippen LogP) is 2.51. The van der Waals surface area contributed by atoms with E-state index >= 15 is 0 Å². The van der Waals surface area contributed by atoms with E-state index in [-0.39, 0.29) is 11.3 Å². The quantitative estimate of drug-likeness (QED) is 0.676. The van der Waals surface area contributed by atoms with Gasteiger partial charge in [-0.2, -0.15) is 5.10 Å². The van der Waals surface area contributed by atoms with Crippen LogP contribution < -0.4 is 5.43 Å². The molecule has 0 aliphatic carbocycles. The van der Waals surface area contributed by atoms with Gasteiger partial charge in [0.05, 0.1) is 18.0 Å². The lowest BCUT2D eigenvalue weighted by molar-refractivity contribution is 0.0952. The third-order valence-electron chi connectivity index (χ3n) is 2.11. The molecular formula is C12H9BrN2O3. The number of nitrogens with one attached hydrogen (secondary N) is 1. The molecule has 18 heavy (non-hydrogen) atoms. The maximum atomic E-state index is 11.7. The molecule has 0 atom stereocenters. The van der Waals surface area contributed by atoms with Crippen molar-refractivity contribution in [3.05, 3.63) is 52.4 Å².